The second kappa shape index (κ2) is 7.44. The van der Waals surface area contributed by atoms with Gasteiger partial charge in [-0.1, -0.05) is 18.6 Å². The Balaban J connectivity index is 2.70. The summed E-state index contributed by atoms with van der Waals surface area (Å²) in [6.45, 7) is 0.552. The average Bonchev–Trinajstić information content (AvgIpc) is 2.38. The van der Waals surface area contributed by atoms with Gasteiger partial charge >= 0.3 is 12.5 Å². The van der Waals surface area contributed by atoms with Crippen molar-refractivity contribution in [3.63, 3.8) is 0 Å². The number of benzene rings is 1. The van der Waals surface area contributed by atoms with Gasteiger partial charge in [-0.05, 0) is 37.1 Å². The van der Waals surface area contributed by atoms with Gasteiger partial charge in [0.2, 0.25) is 0 Å². The summed E-state index contributed by atoms with van der Waals surface area (Å²) in [5.41, 5.74) is 11.8. The van der Waals surface area contributed by atoms with Crippen molar-refractivity contribution in [3.8, 4) is 5.75 Å². The third-order valence-electron chi connectivity index (χ3n) is 2.76. The second-order valence-electron chi connectivity index (χ2n) is 4.43. The lowest BCUT2D eigenvalue weighted by Gasteiger charge is -2.18. The maximum Gasteiger partial charge on any atom is 0.461 e. The van der Waals surface area contributed by atoms with Gasteiger partial charge in [-0.3, -0.25) is 0 Å². The van der Waals surface area contributed by atoms with Gasteiger partial charge in [-0.2, -0.15) is 17.6 Å². The van der Waals surface area contributed by atoms with Crippen molar-refractivity contribution in [2.45, 2.75) is 37.8 Å². The molecule has 20 heavy (non-hydrogen) atoms. The van der Waals surface area contributed by atoms with Gasteiger partial charge in [0.05, 0.1) is 0 Å². The fourth-order valence-electron chi connectivity index (χ4n) is 1.69. The van der Waals surface area contributed by atoms with E-state index < -0.39 is 12.5 Å². The van der Waals surface area contributed by atoms with Gasteiger partial charge in [-0.15, -0.1) is 0 Å². The summed E-state index contributed by atoms with van der Waals surface area (Å²) >= 11 is 0. The molecule has 1 rings (SSSR count). The molecule has 0 amide bonds. The van der Waals surface area contributed by atoms with Crippen LogP contribution in [0.15, 0.2) is 24.3 Å². The summed E-state index contributed by atoms with van der Waals surface area (Å²) in [6.07, 6.45) is -6.15. The zero-order chi connectivity index (χ0) is 15.2. The van der Waals surface area contributed by atoms with Crippen LogP contribution < -0.4 is 16.2 Å². The Kier molecular flexibility index (Phi) is 6.22. The molecule has 4 N–H and O–H groups in total. The first-order valence-electron chi connectivity index (χ1n) is 6.27. The van der Waals surface area contributed by atoms with E-state index in [-0.39, 0.29) is 11.8 Å². The van der Waals surface area contributed by atoms with Crippen molar-refractivity contribution in [1.29, 1.82) is 0 Å². The molecule has 114 valence electrons. The van der Waals surface area contributed by atoms with Crippen molar-refractivity contribution in [3.05, 3.63) is 29.8 Å². The topological polar surface area (TPSA) is 61.3 Å². The maximum absolute atomic E-state index is 12.8. The molecule has 0 aliphatic rings. The number of hydrogen-bond donors (Lipinski definition) is 2. The predicted molar refractivity (Wildman–Crippen MR) is 67.9 cm³/mol. The van der Waals surface area contributed by atoms with Crippen LogP contribution in [0, 0.1) is 0 Å². The Hall–Kier alpha value is -1.34. The number of alkyl halides is 4. The number of rotatable bonds is 8. The fraction of sp³-hybridized carbons (Fsp3) is 0.538. The Morgan fingerprint density at radius 3 is 2.50 bits per heavy atom. The van der Waals surface area contributed by atoms with E-state index in [9.17, 15) is 17.6 Å². The second-order valence-corrected chi connectivity index (χ2v) is 4.43. The van der Waals surface area contributed by atoms with Crippen molar-refractivity contribution in [2.24, 2.45) is 11.5 Å². The third-order valence-corrected chi connectivity index (χ3v) is 2.76. The molecule has 0 fully saturated rings. The molecule has 0 aliphatic heterocycles. The summed E-state index contributed by atoms with van der Waals surface area (Å²) < 4.78 is 53.7. The van der Waals surface area contributed by atoms with E-state index in [2.05, 4.69) is 4.74 Å². The van der Waals surface area contributed by atoms with Gasteiger partial charge in [0.25, 0.3) is 0 Å². The Morgan fingerprint density at radius 2 is 1.90 bits per heavy atom. The minimum absolute atomic E-state index is 0.331. The summed E-state index contributed by atoms with van der Waals surface area (Å²) in [4.78, 5) is 0. The molecular formula is C13H18F4N2O. The summed E-state index contributed by atoms with van der Waals surface area (Å²) in [5.74, 6) is -0.331. The molecule has 0 spiro atoms. The van der Waals surface area contributed by atoms with E-state index in [4.69, 9.17) is 11.5 Å². The molecule has 0 aromatic heterocycles. The standard InChI is InChI=1S/C13H18F4N2O/c14-12(15)13(16,17)20-10-5-3-4-9(8-10)11(19)6-1-2-7-18/h3-5,8,11-12H,1-2,6-7,18-19H2/t11-/m1/s1. The van der Waals surface area contributed by atoms with Crippen molar-refractivity contribution in [1.82, 2.24) is 0 Å². The molecule has 0 saturated heterocycles. The van der Waals surface area contributed by atoms with Gasteiger partial charge in [0.15, 0.2) is 0 Å². The molecule has 0 saturated carbocycles. The number of hydrogen-bond acceptors (Lipinski definition) is 3. The smallest absolute Gasteiger partial charge is 0.428 e. The van der Waals surface area contributed by atoms with Crippen LogP contribution in [0.3, 0.4) is 0 Å². The molecule has 0 aliphatic carbocycles. The molecule has 7 heteroatoms. The number of ether oxygens (including phenoxy) is 1. The zero-order valence-electron chi connectivity index (χ0n) is 10.9. The zero-order valence-corrected chi connectivity index (χ0v) is 10.9. The highest BCUT2D eigenvalue weighted by molar-refractivity contribution is 5.30. The van der Waals surface area contributed by atoms with Gasteiger partial charge in [-0.25, -0.2) is 0 Å². The third kappa shape index (κ3) is 4.97. The van der Waals surface area contributed by atoms with Gasteiger partial charge in [0.1, 0.15) is 5.75 Å². The molecule has 0 unspecified atom stereocenters. The monoisotopic (exact) mass is 294 g/mol. The molecule has 1 aromatic rings. The van der Waals surface area contributed by atoms with E-state index in [0.717, 1.165) is 12.8 Å². The van der Waals surface area contributed by atoms with E-state index in [1.165, 1.54) is 18.2 Å². The SMILES string of the molecule is NCCCC[C@@H](N)c1cccc(OC(F)(F)C(F)F)c1. The highest BCUT2D eigenvalue weighted by Gasteiger charge is 2.43. The maximum atomic E-state index is 12.8. The fourth-order valence-corrected chi connectivity index (χ4v) is 1.69. The van der Waals surface area contributed by atoms with Gasteiger partial charge < -0.3 is 16.2 Å². The van der Waals surface area contributed by atoms with E-state index in [1.54, 1.807) is 6.07 Å². The van der Waals surface area contributed by atoms with Crippen LogP contribution >= 0.6 is 0 Å². The van der Waals surface area contributed by atoms with Crippen LogP contribution in [0.1, 0.15) is 30.9 Å². The average molecular weight is 294 g/mol. The highest BCUT2D eigenvalue weighted by atomic mass is 19.3. The minimum atomic E-state index is -4.51. The van der Waals surface area contributed by atoms with Crippen LogP contribution in [0.5, 0.6) is 5.75 Å². The predicted octanol–water partition coefficient (Wildman–Crippen LogP) is 3.05. The van der Waals surface area contributed by atoms with E-state index in [1.807, 2.05) is 0 Å². The first-order valence-corrected chi connectivity index (χ1v) is 6.27. The van der Waals surface area contributed by atoms with Gasteiger partial charge in [0, 0.05) is 6.04 Å². The van der Waals surface area contributed by atoms with Crippen LogP contribution in [0.4, 0.5) is 17.6 Å². The lowest BCUT2D eigenvalue weighted by Crippen LogP contribution is -2.33. The van der Waals surface area contributed by atoms with E-state index >= 15 is 0 Å². The number of unbranched alkanes of at least 4 members (excludes halogenated alkanes) is 1. The summed E-state index contributed by atoms with van der Waals surface area (Å²) in [6, 6.07) is 5.15. The molecule has 3 nitrogen and oxygen atoms in total. The molecule has 1 atom stereocenters. The quantitative estimate of drug-likeness (QED) is 0.572. The number of nitrogens with two attached hydrogens (primary N) is 2. The largest absolute Gasteiger partial charge is 0.461 e. The molecule has 0 radical (unpaired) electrons. The van der Waals surface area contributed by atoms with Crippen LogP contribution in [0.2, 0.25) is 0 Å². The molecular weight excluding hydrogens is 276 g/mol. The normalized spacial score (nSPS) is 13.6. The lowest BCUT2D eigenvalue weighted by atomic mass is 10.0. The van der Waals surface area contributed by atoms with Crippen LogP contribution in [-0.2, 0) is 0 Å². The number of halogens is 4. The Bertz CT molecular complexity index is 415. The van der Waals surface area contributed by atoms with Crippen molar-refractivity contribution < 1.29 is 22.3 Å². The van der Waals surface area contributed by atoms with Crippen molar-refractivity contribution >= 4 is 0 Å². The van der Waals surface area contributed by atoms with Crippen LogP contribution in [-0.4, -0.2) is 19.1 Å². The highest BCUT2D eigenvalue weighted by Crippen LogP contribution is 2.29. The molecule has 0 bridgehead atoms. The van der Waals surface area contributed by atoms with E-state index in [0.29, 0.717) is 18.5 Å². The first kappa shape index (κ1) is 16.7. The van der Waals surface area contributed by atoms with Crippen LogP contribution in [0.25, 0.3) is 0 Å². The summed E-state index contributed by atoms with van der Waals surface area (Å²) in [5, 5.41) is 0. The summed E-state index contributed by atoms with van der Waals surface area (Å²) in [7, 11) is 0. The molecule has 1 aromatic carbocycles. The lowest BCUT2D eigenvalue weighted by molar-refractivity contribution is -0.253. The minimum Gasteiger partial charge on any atom is -0.428 e. The Labute approximate surface area is 114 Å². The first-order chi connectivity index (χ1) is 9.36. The molecule has 0 heterocycles. The Morgan fingerprint density at radius 1 is 1.20 bits per heavy atom. The van der Waals surface area contributed by atoms with Crippen molar-refractivity contribution in [2.75, 3.05) is 6.54 Å².